The molecular weight excluding hydrogens is 558 g/mol. The van der Waals surface area contributed by atoms with E-state index in [1.54, 1.807) is 30.3 Å². The van der Waals surface area contributed by atoms with Crippen LogP contribution in [0.25, 0.3) is 0 Å². The number of anilines is 1. The summed E-state index contributed by atoms with van der Waals surface area (Å²) in [4.78, 5) is 28.0. The summed E-state index contributed by atoms with van der Waals surface area (Å²) >= 11 is 0. The van der Waals surface area contributed by atoms with Gasteiger partial charge in [-0.05, 0) is 42.3 Å². The second-order valence-corrected chi connectivity index (χ2v) is 9.73. The van der Waals surface area contributed by atoms with Crippen LogP contribution in [0.5, 0.6) is 17.2 Å². The Morgan fingerprint density at radius 3 is 2.34 bits per heavy atom. The summed E-state index contributed by atoms with van der Waals surface area (Å²) in [5.74, 6) is -0.135. The topological polar surface area (TPSA) is 77.1 Å². The van der Waals surface area contributed by atoms with E-state index in [0.717, 1.165) is 0 Å². The van der Waals surface area contributed by atoms with Gasteiger partial charge in [0.1, 0.15) is 17.8 Å². The highest BCUT2D eigenvalue weighted by Gasteiger charge is 2.57. The Kier molecular flexibility index (Phi) is 6.09. The number of carbonyl (C=O) groups is 2. The number of ether oxygens (including phenoxy) is 3. The molecule has 1 atom stereocenters. The molecule has 13 heteroatoms. The van der Waals surface area contributed by atoms with Crippen molar-refractivity contribution in [3.05, 3.63) is 82.4 Å². The zero-order chi connectivity index (χ0) is 29.2. The fraction of sp³-hybridized carbons (Fsp3) is 0.286. The van der Waals surface area contributed by atoms with Gasteiger partial charge < -0.3 is 24.4 Å². The maximum Gasteiger partial charge on any atom is 0.417 e. The second kappa shape index (κ2) is 9.32. The fourth-order valence-electron chi connectivity index (χ4n) is 5.48. The molecule has 3 aliphatic rings. The van der Waals surface area contributed by atoms with E-state index in [1.165, 1.54) is 4.90 Å². The molecule has 1 unspecified atom stereocenters. The van der Waals surface area contributed by atoms with Gasteiger partial charge in [-0.25, -0.2) is 0 Å². The van der Waals surface area contributed by atoms with Crippen molar-refractivity contribution in [1.29, 1.82) is 0 Å². The van der Waals surface area contributed by atoms with E-state index in [0.29, 0.717) is 34.1 Å². The first kappa shape index (κ1) is 26.8. The highest BCUT2D eigenvalue weighted by Crippen LogP contribution is 2.55. The molecule has 3 aliphatic heterocycles. The van der Waals surface area contributed by atoms with Crippen molar-refractivity contribution in [3.8, 4) is 17.2 Å². The first-order valence-electron chi connectivity index (χ1n) is 12.5. The van der Waals surface area contributed by atoms with Crippen LogP contribution in [-0.2, 0) is 22.6 Å². The van der Waals surface area contributed by atoms with Crippen LogP contribution in [0.1, 0.15) is 39.0 Å². The molecule has 0 saturated heterocycles. The molecule has 6 rings (SSSR count). The summed E-state index contributed by atoms with van der Waals surface area (Å²) in [6.45, 7) is -0.0494. The van der Waals surface area contributed by atoms with Crippen molar-refractivity contribution >= 4 is 17.5 Å². The normalized spacial score (nSPS) is 18.9. The molecule has 2 amide bonds. The number of benzene rings is 3. The van der Waals surface area contributed by atoms with E-state index in [9.17, 15) is 35.9 Å². The second-order valence-electron chi connectivity index (χ2n) is 9.73. The maximum absolute atomic E-state index is 13.9. The predicted octanol–water partition coefficient (Wildman–Crippen LogP) is 5.30. The lowest BCUT2D eigenvalue weighted by Crippen LogP contribution is -2.43. The number of hydrogen-bond donors (Lipinski definition) is 1. The minimum atomic E-state index is -5.03. The zero-order valence-corrected chi connectivity index (χ0v) is 21.0. The number of amides is 2. The van der Waals surface area contributed by atoms with E-state index in [1.807, 2.05) is 6.07 Å². The molecule has 3 aromatic carbocycles. The lowest BCUT2D eigenvalue weighted by Gasteiger charge is -2.23. The number of nitrogens with zero attached hydrogens (tertiary/aromatic N) is 1. The average Bonchev–Trinajstić information content (AvgIpc) is 3.60. The van der Waals surface area contributed by atoms with E-state index >= 15 is 0 Å². The third-order valence-corrected chi connectivity index (χ3v) is 7.38. The van der Waals surface area contributed by atoms with Gasteiger partial charge >= 0.3 is 12.4 Å². The smallest absolute Gasteiger partial charge is 0.417 e. The molecule has 1 spiro atoms. The molecule has 0 saturated carbocycles. The van der Waals surface area contributed by atoms with Gasteiger partial charge in [0.15, 0.2) is 11.5 Å². The SMILES string of the molecule is O=C(NCCCN1C(=O)C2(COc3cc4c(cc32)OCO4)c2ccccc21)c1cc(C(F)(F)F)ccc1C(F)(F)F. The van der Waals surface area contributed by atoms with Crippen LogP contribution in [0, 0.1) is 0 Å². The van der Waals surface area contributed by atoms with Crippen LogP contribution in [0.15, 0.2) is 54.6 Å². The summed E-state index contributed by atoms with van der Waals surface area (Å²) < 4.78 is 96.3. The summed E-state index contributed by atoms with van der Waals surface area (Å²) in [6, 6.07) is 11.2. The molecular formula is C28H20F6N2O5. The van der Waals surface area contributed by atoms with Gasteiger partial charge in [-0.1, -0.05) is 18.2 Å². The van der Waals surface area contributed by atoms with Gasteiger partial charge in [0, 0.05) is 30.4 Å². The molecule has 0 fully saturated rings. The molecule has 0 radical (unpaired) electrons. The van der Waals surface area contributed by atoms with Crippen LogP contribution in [0.3, 0.4) is 0 Å². The number of para-hydroxylation sites is 1. The van der Waals surface area contributed by atoms with Gasteiger partial charge in [-0.2, -0.15) is 26.3 Å². The van der Waals surface area contributed by atoms with Crippen LogP contribution < -0.4 is 24.4 Å². The van der Waals surface area contributed by atoms with E-state index < -0.39 is 40.4 Å². The average molecular weight is 578 g/mol. The number of fused-ring (bicyclic) bond motifs is 5. The summed E-state index contributed by atoms with van der Waals surface area (Å²) in [5.41, 5.74) is -3.22. The number of halogens is 6. The number of nitrogens with one attached hydrogen (secondary N) is 1. The molecule has 0 bridgehead atoms. The highest BCUT2D eigenvalue weighted by atomic mass is 19.4. The lowest BCUT2D eigenvalue weighted by molar-refractivity contribution is -0.141. The zero-order valence-electron chi connectivity index (χ0n) is 21.0. The summed E-state index contributed by atoms with van der Waals surface area (Å²) in [6.07, 6.45) is -9.86. The van der Waals surface area contributed by atoms with Crippen molar-refractivity contribution in [2.24, 2.45) is 0 Å². The quantitative estimate of drug-likeness (QED) is 0.329. The Hall–Kier alpha value is -4.42. The Morgan fingerprint density at radius 2 is 1.61 bits per heavy atom. The third kappa shape index (κ3) is 4.30. The van der Waals surface area contributed by atoms with Crippen molar-refractivity contribution in [3.63, 3.8) is 0 Å². The van der Waals surface area contributed by atoms with Gasteiger partial charge in [-0.15, -0.1) is 0 Å². The van der Waals surface area contributed by atoms with Gasteiger partial charge in [0.2, 0.25) is 12.7 Å². The van der Waals surface area contributed by atoms with Crippen molar-refractivity contribution in [2.75, 3.05) is 31.4 Å². The highest BCUT2D eigenvalue weighted by molar-refractivity contribution is 6.11. The van der Waals surface area contributed by atoms with Gasteiger partial charge in [0.25, 0.3) is 5.91 Å². The molecule has 7 nitrogen and oxygen atoms in total. The van der Waals surface area contributed by atoms with Gasteiger partial charge in [0.05, 0.1) is 16.7 Å². The molecule has 0 aliphatic carbocycles. The fourth-order valence-corrected chi connectivity index (χ4v) is 5.48. The van der Waals surface area contributed by atoms with Crippen LogP contribution in [-0.4, -0.2) is 38.3 Å². The minimum Gasteiger partial charge on any atom is -0.491 e. The minimum absolute atomic E-state index is 0.0318. The molecule has 3 heterocycles. The number of hydrogen-bond acceptors (Lipinski definition) is 5. The van der Waals surface area contributed by atoms with E-state index in [4.69, 9.17) is 14.2 Å². The predicted molar refractivity (Wildman–Crippen MR) is 131 cm³/mol. The third-order valence-electron chi connectivity index (χ3n) is 7.38. The Morgan fingerprint density at radius 1 is 0.878 bits per heavy atom. The number of alkyl halides is 6. The summed E-state index contributed by atoms with van der Waals surface area (Å²) in [7, 11) is 0. The Balaban J connectivity index is 1.20. The first-order chi connectivity index (χ1) is 19.4. The van der Waals surface area contributed by atoms with Crippen molar-refractivity contribution < 1.29 is 50.1 Å². The van der Waals surface area contributed by atoms with Crippen molar-refractivity contribution in [1.82, 2.24) is 5.32 Å². The molecule has 0 aromatic heterocycles. The molecule has 3 aromatic rings. The van der Waals surface area contributed by atoms with E-state index in [2.05, 4.69) is 5.32 Å². The van der Waals surface area contributed by atoms with Crippen molar-refractivity contribution in [2.45, 2.75) is 24.2 Å². The largest absolute Gasteiger partial charge is 0.491 e. The van der Waals surface area contributed by atoms with Crippen LogP contribution >= 0.6 is 0 Å². The van der Waals surface area contributed by atoms with Gasteiger partial charge in [-0.3, -0.25) is 9.59 Å². The first-order valence-corrected chi connectivity index (χ1v) is 12.5. The van der Waals surface area contributed by atoms with E-state index in [-0.39, 0.29) is 57.0 Å². The lowest BCUT2D eigenvalue weighted by atomic mass is 9.77. The Labute approximate surface area is 228 Å². The summed E-state index contributed by atoms with van der Waals surface area (Å²) in [5, 5.41) is 2.26. The molecule has 41 heavy (non-hydrogen) atoms. The number of carbonyl (C=O) groups excluding carboxylic acids is 2. The number of rotatable bonds is 5. The monoisotopic (exact) mass is 578 g/mol. The van der Waals surface area contributed by atoms with Crippen LogP contribution in [0.4, 0.5) is 32.0 Å². The molecule has 1 N–H and O–H groups in total. The standard InChI is InChI=1S/C28H20F6N2O5/c29-27(30,31)15-6-7-17(28(32,33)34)16(10-15)24(37)35-8-3-9-36-20-5-2-1-4-18(20)26(25(36)38)13-39-21-12-23-22(11-19(21)26)40-14-41-23/h1-2,4-7,10-12H,3,8-9,13-14H2,(H,35,37). The maximum atomic E-state index is 13.9. The van der Waals surface area contributed by atoms with Crippen LogP contribution in [0.2, 0.25) is 0 Å². The molecule has 214 valence electrons. The Bertz CT molecular complexity index is 1570.